The van der Waals surface area contributed by atoms with Crippen molar-refractivity contribution < 1.29 is 4.79 Å². The molecule has 2 nitrogen and oxygen atoms in total. The number of carbonyl (C=O) groups is 1. The van der Waals surface area contributed by atoms with Gasteiger partial charge in [-0.3, -0.25) is 0 Å². The van der Waals surface area contributed by atoms with Gasteiger partial charge in [-0.2, -0.15) is 0 Å². The molecule has 0 aliphatic carbocycles. The molecule has 0 N–H and O–H groups in total. The molecule has 3 heteroatoms. The van der Waals surface area contributed by atoms with Crippen molar-refractivity contribution in [3.05, 3.63) is 41.4 Å². The Balaban J connectivity index is 2.29. The third-order valence-corrected chi connectivity index (χ3v) is 2.81. The van der Waals surface area contributed by atoms with Gasteiger partial charge in [0.15, 0.2) is 0 Å². The van der Waals surface area contributed by atoms with Crippen LogP contribution in [0.1, 0.15) is 5.69 Å². The summed E-state index contributed by atoms with van der Waals surface area (Å²) in [7, 11) is 0. The lowest BCUT2D eigenvalue weighted by atomic mass is 10.2. The number of hydrogen-bond donors (Lipinski definition) is 0. The minimum atomic E-state index is 0.406. The number of hydrogen-bond acceptors (Lipinski definition) is 3. The molecule has 0 saturated carbocycles. The summed E-state index contributed by atoms with van der Waals surface area (Å²) in [6.07, 6.45) is 1.28. The van der Waals surface area contributed by atoms with Crippen LogP contribution >= 0.6 is 11.3 Å². The second-order valence-corrected chi connectivity index (χ2v) is 3.74. The largest absolute Gasteiger partial charge is 0.303 e. The Morgan fingerprint density at radius 3 is 2.79 bits per heavy atom. The lowest BCUT2D eigenvalue weighted by molar-refractivity contribution is -0.107. The molecule has 2 aromatic rings. The summed E-state index contributed by atoms with van der Waals surface area (Å²) in [6, 6.07) is 9.97. The highest BCUT2D eigenvalue weighted by molar-refractivity contribution is 7.13. The van der Waals surface area contributed by atoms with Gasteiger partial charge in [0, 0.05) is 17.4 Å². The smallest absolute Gasteiger partial charge is 0.125 e. The van der Waals surface area contributed by atoms with Crippen LogP contribution in [0.3, 0.4) is 0 Å². The molecule has 2 rings (SSSR count). The Kier molecular flexibility index (Phi) is 2.70. The molecule has 0 fully saturated rings. The van der Waals surface area contributed by atoms with E-state index in [-0.39, 0.29) is 0 Å². The highest BCUT2D eigenvalue weighted by Crippen LogP contribution is 2.22. The van der Waals surface area contributed by atoms with Crippen LogP contribution in [0.5, 0.6) is 0 Å². The first-order chi connectivity index (χ1) is 6.90. The minimum absolute atomic E-state index is 0.406. The Bertz CT molecular complexity index is 422. The van der Waals surface area contributed by atoms with Crippen LogP contribution in [0, 0.1) is 0 Å². The number of rotatable bonds is 3. The van der Waals surface area contributed by atoms with E-state index in [9.17, 15) is 4.79 Å². The van der Waals surface area contributed by atoms with Gasteiger partial charge in [0.1, 0.15) is 11.3 Å². The highest BCUT2D eigenvalue weighted by Gasteiger charge is 2.02. The number of aldehydes is 1. The van der Waals surface area contributed by atoms with Gasteiger partial charge in [0.25, 0.3) is 0 Å². The third kappa shape index (κ3) is 1.88. The predicted molar refractivity (Wildman–Crippen MR) is 57.3 cm³/mol. The van der Waals surface area contributed by atoms with Crippen LogP contribution in [0.2, 0.25) is 0 Å². The van der Waals surface area contributed by atoms with E-state index in [2.05, 4.69) is 4.98 Å². The van der Waals surface area contributed by atoms with E-state index in [4.69, 9.17) is 0 Å². The second kappa shape index (κ2) is 4.15. The molecule has 0 radical (unpaired) electrons. The molecule has 0 unspecified atom stereocenters. The quantitative estimate of drug-likeness (QED) is 0.717. The molecule has 0 bridgehead atoms. The molecule has 1 aromatic heterocycles. The van der Waals surface area contributed by atoms with E-state index in [0.29, 0.717) is 6.42 Å². The standard InChI is InChI=1S/C11H9NOS/c13-7-6-10-8-14-11(12-10)9-4-2-1-3-5-9/h1-5,7-8H,6H2. The minimum Gasteiger partial charge on any atom is -0.303 e. The second-order valence-electron chi connectivity index (χ2n) is 2.88. The van der Waals surface area contributed by atoms with Crippen molar-refractivity contribution in [3.8, 4) is 10.6 Å². The Labute approximate surface area is 86.2 Å². The van der Waals surface area contributed by atoms with Gasteiger partial charge in [-0.1, -0.05) is 30.3 Å². The van der Waals surface area contributed by atoms with Gasteiger partial charge in [-0.05, 0) is 0 Å². The molecule has 0 aliphatic heterocycles. The fourth-order valence-corrected chi connectivity index (χ4v) is 2.04. The fraction of sp³-hybridized carbons (Fsp3) is 0.0909. The van der Waals surface area contributed by atoms with Crippen molar-refractivity contribution in [1.29, 1.82) is 0 Å². The molecule has 0 aliphatic rings. The molecule has 0 spiro atoms. The molecule has 0 atom stereocenters. The van der Waals surface area contributed by atoms with E-state index in [1.165, 1.54) is 0 Å². The maximum absolute atomic E-state index is 10.3. The Hall–Kier alpha value is -1.48. The van der Waals surface area contributed by atoms with Crippen LogP contribution in [0.15, 0.2) is 35.7 Å². The van der Waals surface area contributed by atoms with Crippen molar-refractivity contribution in [2.75, 3.05) is 0 Å². The molecular formula is C11H9NOS. The number of carbonyl (C=O) groups excluding carboxylic acids is 1. The summed E-state index contributed by atoms with van der Waals surface area (Å²) in [5.41, 5.74) is 1.96. The molecule has 1 heterocycles. The highest BCUT2D eigenvalue weighted by atomic mass is 32.1. The summed E-state index contributed by atoms with van der Waals surface area (Å²) < 4.78 is 0. The zero-order chi connectivity index (χ0) is 9.80. The predicted octanol–water partition coefficient (Wildman–Crippen LogP) is 2.55. The molecule has 70 valence electrons. The zero-order valence-corrected chi connectivity index (χ0v) is 8.33. The van der Waals surface area contributed by atoms with Gasteiger partial charge in [-0.25, -0.2) is 4.98 Å². The van der Waals surface area contributed by atoms with Crippen LogP contribution in [0.25, 0.3) is 10.6 Å². The first-order valence-corrected chi connectivity index (χ1v) is 5.21. The van der Waals surface area contributed by atoms with Crippen LogP contribution in [-0.2, 0) is 11.2 Å². The zero-order valence-electron chi connectivity index (χ0n) is 7.51. The topological polar surface area (TPSA) is 30.0 Å². The van der Waals surface area contributed by atoms with Gasteiger partial charge < -0.3 is 4.79 Å². The first kappa shape index (κ1) is 9.09. The molecule has 0 saturated heterocycles. The molecule has 0 amide bonds. The number of benzene rings is 1. The molecule has 14 heavy (non-hydrogen) atoms. The molecule has 1 aromatic carbocycles. The normalized spacial score (nSPS) is 10.0. The van der Waals surface area contributed by atoms with Crippen LogP contribution in [0.4, 0.5) is 0 Å². The lowest BCUT2D eigenvalue weighted by Crippen LogP contribution is -1.85. The average molecular weight is 203 g/mol. The summed E-state index contributed by atoms with van der Waals surface area (Å²) >= 11 is 1.57. The van der Waals surface area contributed by atoms with Crippen LogP contribution < -0.4 is 0 Å². The Morgan fingerprint density at radius 2 is 2.07 bits per heavy atom. The first-order valence-electron chi connectivity index (χ1n) is 4.33. The number of thiazole rings is 1. The lowest BCUT2D eigenvalue weighted by Gasteiger charge is -1.92. The van der Waals surface area contributed by atoms with Gasteiger partial charge in [0.05, 0.1) is 5.69 Å². The fourth-order valence-electron chi connectivity index (χ4n) is 1.20. The van der Waals surface area contributed by atoms with Gasteiger partial charge in [-0.15, -0.1) is 11.3 Å². The van der Waals surface area contributed by atoms with Crippen LogP contribution in [-0.4, -0.2) is 11.3 Å². The van der Waals surface area contributed by atoms with Crippen molar-refractivity contribution >= 4 is 17.6 Å². The Morgan fingerprint density at radius 1 is 1.29 bits per heavy atom. The number of aromatic nitrogens is 1. The van der Waals surface area contributed by atoms with Crippen molar-refractivity contribution in [1.82, 2.24) is 4.98 Å². The van der Waals surface area contributed by atoms with Crippen molar-refractivity contribution in [3.63, 3.8) is 0 Å². The van der Waals surface area contributed by atoms with Crippen molar-refractivity contribution in [2.24, 2.45) is 0 Å². The summed E-state index contributed by atoms with van der Waals surface area (Å²) in [5.74, 6) is 0. The average Bonchev–Trinajstić information content (AvgIpc) is 2.68. The van der Waals surface area contributed by atoms with E-state index in [0.717, 1.165) is 22.6 Å². The van der Waals surface area contributed by atoms with E-state index >= 15 is 0 Å². The molecular weight excluding hydrogens is 194 g/mol. The van der Waals surface area contributed by atoms with Gasteiger partial charge >= 0.3 is 0 Å². The maximum atomic E-state index is 10.3. The monoisotopic (exact) mass is 203 g/mol. The number of nitrogens with zero attached hydrogens (tertiary/aromatic N) is 1. The summed E-state index contributed by atoms with van der Waals surface area (Å²) in [6.45, 7) is 0. The maximum Gasteiger partial charge on any atom is 0.125 e. The van der Waals surface area contributed by atoms with Gasteiger partial charge in [0.2, 0.25) is 0 Å². The third-order valence-electron chi connectivity index (χ3n) is 1.86. The van der Waals surface area contributed by atoms with Crippen molar-refractivity contribution in [2.45, 2.75) is 6.42 Å². The van der Waals surface area contributed by atoms with E-state index in [1.807, 2.05) is 35.7 Å². The van der Waals surface area contributed by atoms with E-state index < -0.39 is 0 Å². The summed E-state index contributed by atoms with van der Waals surface area (Å²) in [4.78, 5) is 14.6. The summed E-state index contributed by atoms with van der Waals surface area (Å²) in [5, 5.41) is 2.90. The SMILES string of the molecule is O=CCc1csc(-c2ccccc2)n1. The van der Waals surface area contributed by atoms with E-state index in [1.54, 1.807) is 11.3 Å².